The summed E-state index contributed by atoms with van der Waals surface area (Å²) in [6, 6.07) is 18.1. The van der Waals surface area contributed by atoms with E-state index in [1.807, 2.05) is 62.5 Å². The minimum absolute atomic E-state index is 0.0658. The monoisotopic (exact) mass is 629 g/mol. The molecule has 3 aromatic rings. The molecular formula is C38H48ClN3O3. The van der Waals surface area contributed by atoms with Crippen LogP contribution in [-0.4, -0.2) is 51.5 Å². The summed E-state index contributed by atoms with van der Waals surface area (Å²) in [6.07, 6.45) is 9.92. The number of pyridine rings is 1. The van der Waals surface area contributed by atoms with Crippen molar-refractivity contribution < 1.29 is 14.6 Å². The number of amides is 1. The van der Waals surface area contributed by atoms with Gasteiger partial charge >= 0.3 is 0 Å². The van der Waals surface area contributed by atoms with E-state index in [-0.39, 0.29) is 17.9 Å². The molecule has 240 valence electrons. The topological polar surface area (TPSA) is 65.9 Å². The number of fused-ring (bicyclic) bond motifs is 2. The molecule has 5 rings (SSSR count). The summed E-state index contributed by atoms with van der Waals surface area (Å²) < 4.78 is 6.18. The fourth-order valence-corrected chi connectivity index (χ4v) is 6.70. The van der Waals surface area contributed by atoms with E-state index in [4.69, 9.17) is 16.3 Å². The standard InChI is InChI=1S/C38H48ClN3O3/c1-5-7-10-28(6-2)37(43)42(24-27-13-16-30(39)17-14-27)31-19-22-41(25-31)21-9-12-32-33-11-8-20-40-35(33)26-45-36-18-15-29(23-34(32)36)38(3,4)44/h8,11-18,20,23,28,31,44H,5-7,9-10,19,21-22,24-26H2,1-4H3/t28?,31-/m0/s1. The number of halogens is 1. The van der Waals surface area contributed by atoms with Gasteiger partial charge in [0.1, 0.15) is 12.4 Å². The summed E-state index contributed by atoms with van der Waals surface area (Å²) in [7, 11) is 0. The van der Waals surface area contributed by atoms with Crippen molar-refractivity contribution in [3.8, 4) is 5.75 Å². The number of aromatic nitrogens is 1. The Balaban J connectivity index is 1.34. The number of unbranched alkanes of at least 4 members (excludes halogenated alkanes) is 1. The molecule has 1 amide bonds. The summed E-state index contributed by atoms with van der Waals surface area (Å²) in [5, 5.41) is 11.5. The van der Waals surface area contributed by atoms with Gasteiger partial charge in [0.15, 0.2) is 0 Å². The molecule has 1 N–H and O–H groups in total. The third-order valence-electron chi connectivity index (χ3n) is 9.30. The smallest absolute Gasteiger partial charge is 0.226 e. The fourth-order valence-electron chi connectivity index (χ4n) is 6.58. The van der Waals surface area contributed by atoms with Crippen LogP contribution >= 0.6 is 11.6 Å². The van der Waals surface area contributed by atoms with Crippen molar-refractivity contribution in [2.75, 3.05) is 19.6 Å². The van der Waals surface area contributed by atoms with Crippen LogP contribution in [0.25, 0.3) is 5.57 Å². The molecule has 0 bridgehead atoms. The lowest BCUT2D eigenvalue weighted by Crippen LogP contribution is -2.44. The average Bonchev–Trinajstić information content (AvgIpc) is 3.44. The highest BCUT2D eigenvalue weighted by molar-refractivity contribution is 6.30. The summed E-state index contributed by atoms with van der Waals surface area (Å²) in [5.41, 5.74) is 5.06. The Morgan fingerprint density at radius 3 is 2.71 bits per heavy atom. The molecule has 1 saturated heterocycles. The summed E-state index contributed by atoms with van der Waals surface area (Å²) in [6.45, 7) is 11.7. The Morgan fingerprint density at radius 2 is 1.98 bits per heavy atom. The maximum absolute atomic E-state index is 14.0. The van der Waals surface area contributed by atoms with Crippen LogP contribution in [0.2, 0.25) is 5.02 Å². The van der Waals surface area contributed by atoms with Crippen molar-refractivity contribution in [1.29, 1.82) is 0 Å². The Morgan fingerprint density at radius 1 is 1.18 bits per heavy atom. The molecule has 0 saturated carbocycles. The lowest BCUT2D eigenvalue weighted by Gasteiger charge is -2.32. The van der Waals surface area contributed by atoms with Crippen molar-refractivity contribution >= 4 is 23.1 Å². The van der Waals surface area contributed by atoms with E-state index >= 15 is 0 Å². The van der Waals surface area contributed by atoms with Gasteiger partial charge in [-0.05, 0) is 86.6 Å². The SMILES string of the molecule is CCCCC(CC)C(=O)N(Cc1ccc(Cl)cc1)[C@H]1CCN(CCC=C2c3cc(C(C)(C)O)ccc3OCc3ncccc32)C1. The van der Waals surface area contributed by atoms with E-state index in [2.05, 4.69) is 46.8 Å². The van der Waals surface area contributed by atoms with E-state index in [1.54, 1.807) is 0 Å². The van der Waals surface area contributed by atoms with E-state index in [9.17, 15) is 9.90 Å². The molecule has 2 aliphatic rings. The minimum Gasteiger partial charge on any atom is -0.487 e. The molecule has 1 fully saturated rings. The zero-order valence-electron chi connectivity index (χ0n) is 27.3. The Kier molecular flexibility index (Phi) is 11.0. The molecule has 45 heavy (non-hydrogen) atoms. The Labute approximate surface area is 274 Å². The number of likely N-dealkylation sites (tertiary alicyclic amines) is 1. The molecule has 0 aliphatic carbocycles. The lowest BCUT2D eigenvalue weighted by atomic mass is 9.90. The average molecular weight is 630 g/mol. The third-order valence-corrected chi connectivity index (χ3v) is 9.55. The second kappa shape index (κ2) is 14.9. The highest BCUT2D eigenvalue weighted by atomic mass is 35.5. The second-order valence-corrected chi connectivity index (χ2v) is 13.5. The molecule has 0 spiro atoms. The quantitative estimate of drug-likeness (QED) is 0.220. The Hall–Kier alpha value is -3.19. The molecule has 2 aliphatic heterocycles. The van der Waals surface area contributed by atoms with Crippen LogP contribution in [0, 0.1) is 5.92 Å². The van der Waals surface area contributed by atoms with Gasteiger partial charge in [0, 0.05) is 60.5 Å². The normalized spacial score (nSPS) is 18.2. The van der Waals surface area contributed by atoms with Gasteiger partial charge in [0.25, 0.3) is 0 Å². The van der Waals surface area contributed by atoms with Crippen LogP contribution in [0.5, 0.6) is 5.75 Å². The highest BCUT2D eigenvalue weighted by Crippen LogP contribution is 2.38. The minimum atomic E-state index is -0.961. The number of carbonyl (C=O) groups excluding carboxylic acids is 1. The summed E-state index contributed by atoms with van der Waals surface area (Å²) in [5.74, 6) is 1.16. The molecule has 1 aromatic heterocycles. The second-order valence-electron chi connectivity index (χ2n) is 13.0. The zero-order valence-corrected chi connectivity index (χ0v) is 28.0. The van der Waals surface area contributed by atoms with E-state index in [0.29, 0.717) is 18.2 Å². The predicted molar refractivity (Wildman–Crippen MR) is 182 cm³/mol. The highest BCUT2D eigenvalue weighted by Gasteiger charge is 2.33. The van der Waals surface area contributed by atoms with Crippen LogP contribution in [0.15, 0.2) is 66.9 Å². The lowest BCUT2D eigenvalue weighted by molar-refractivity contribution is -0.138. The van der Waals surface area contributed by atoms with E-state index in [0.717, 1.165) is 97.4 Å². The molecule has 3 heterocycles. The first-order valence-electron chi connectivity index (χ1n) is 16.6. The molecule has 7 heteroatoms. The number of nitrogens with zero attached hydrogens (tertiary/aromatic N) is 3. The van der Waals surface area contributed by atoms with E-state index < -0.39 is 5.60 Å². The number of hydrogen-bond acceptors (Lipinski definition) is 5. The number of carbonyl (C=O) groups is 1. The zero-order chi connectivity index (χ0) is 32.0. The molecule has 6 nitrogen and oxygen atoms in total. The van der Waals surface area contributed by atoms with E-state index in [1.165, 1.54) is 0 Å². The van der Waals surface area contributed by atoms with Gasteiger partial charge in [0.05, 0.1) is 11.3 Å². The van der Waals surface area contributed by atoms with Crippen LogP contribution in [0.1, 0.15) is 94.2 Å². The summed E-state index contributed by atoms with van der Waals surface area (Å²) in [4.78, 5) is 23.2. The number of aliphatic hydroxyl groups is 1. The van der Waals surface area contributed by atoms with Crippen molar-refractivity contribution in [3.63, 3.8) is 0 Å². The maximum atomic E-state index is 14.0. The van der Waals surface area contributed by atoms with Crippen molar-refractivity contribution in [1.82, 2.24) is 14.8 Å². The molecular weight excluding hydrogens is 582 g/mol. The maximum Gasteiger partial charge on any atom is 0.226 e. The predicted octanol–water partition coefficient (Wildman–Crippen LogP) is 8.00. The molecule has 1 unspecified atom stereocenters. The molecule has 0 radical (unpaired) electrons. The Bertz CT molecular complexity index is 1480. The van der Waals surface area contributed by atoms with Crippen molar-refractivity contribution in [3.05, 3.63) is 99.8 Å². The van der Waals surface area contributed by atoms with Gasteiger partial charge in [0.2, 0.25) is 5.91 Å². The van der Waals surface area contributed by atoms with Gasteiger partial charge in [-0.25, -0.2) is 0 Å². The summed E-state index contributed by atoms with van der Waals surface area (Å²) >= 11 is 6.17. The first-order valence-corrected chi connectivity index (χ1v) is 17.0. The van der Waals surface area contributed by atoms with Crippen LogP contribution in [-0.2, 0) is 23.5 Å². The molecule has 2 aromatic carbocycles. The number of hydrogen-bond donors (Lipinski definition) is 1. The number of ether oxygens (including phenoxy) is 1. The van der Waals surface area contributed by atoms with Gasteiger partial charge < -0.3 is 19.6 Å². The van der Waals surface area contributed by atoms with Crippen molar-refractivity contribution in [2.24, 2.45) is 5.92 Å². The number of benzene rings is 2. The van der Waals surface area contributed by atoms with Crippen LogP contribution in [0.4, 0.5) is 0 Å². The number of rotatable bonds is 12. The van der Waals surface area contributed by atoms with Gasteiger partial charge in [-0.3, -0.25) is 9.78 Å². The first-order chi connectivity index (χ1) is 21.7. The van der Waals surface area contributed by atoms with Gasteiger partial charge in [-0.15, -0.1) is 0 Å². The van der Waals surface area contributed by atoms with Crippen molar-refractivity contribution in [2.45, 2.75) is 91.0 Å². The van der Waals surface area contributed by atoms with Gasteiger partial charge in [-0.1, -0.05) is 68.6 Å². The largest absolute Gasteiger partial charge is 0.487 e. The van der Waals surface area contributed by atoms with Crippen LogP contribution < -0.4 is 4.74 Å². The first kappa shape index (κ1) is 33.2. The molecule has 2 atom stereocenters. The fraction of sp³-hybridized carbons (Fsp3) is 0.474. The van der Waals surface area contributed by atoms with Gasteiger partial charge in [-0.2, -0.15) is 0 Å². The van der Waals surface area contributed by atoms with Crippen LogP contribution in [0.3, 0.4) is 0 Å². The third kappa shape index (κ3) is 8.16.